The van der Waals surface area contributed by atoms with E-state index in [4.69, 9.17) is 15.2 Å². The van der Waals surface area contributed by atoms with Gasteiger partial charge in [0.25, 0.3) is 0 Å². The second-order valence-corrected chi connectivity index (χ2v) is 8.65. The lowest BCUT2D eigenvalue weighted by molar-refractivity contribution is -0.166. The van der Waals surface area contributed by atoms with Gasteiger partial charge in [-0.1, -0.05) is 18.6 Å². The number of fused-ring (bicyclic) bond motifs is 2. The largest absolute Gasteiger partial charge is 0.444 e. The van der Waals surface area contributed by atoms with Crippen molar-refractivity contribution in [3.8, 4) is 0 Å². The van der Waals surface area contributed by atoms with Crippen molar-refractivity contribution >= 4 is 12.0 Å². The van der Waals surface area contributed by atoms with Crippen molar-refractivity contribution in [2.24, 2.45) is 17.6 Å². The Bertz CT molecular complexity index is 711. The van der Waals surface area contributed by atoms with E-state index in [-0.39, 0.29) is 17.9 Å². The maximum absolute atomic E-state index is 12.6. The van der Waals surface area contributed by atoms with Crippen molar-refractivity contribution in [3.63, 3.8) is 0 Å². The molecule has 6 nitrogen and oxygen atoms in total. The summed E-state index contributed by atoms with van der Waals surface area (Å²) in [5, 5.41) is 0. The van der Waals surface area contributed by atoms with E-state index in [1.165, 1.54) is 0 Å². The number of benzene rings is 1. The van der Waals surface area contributed by atoms with Crippen LogP contribution in [0.1, 0.15) is 56.0 Å². The van der Waals surface area contributed by atoms with Crippen molar-refractivity contribution in [1.29, 1.82) is 0 Å². The van der Waals surface area contributed by atoms with Crippen LogP contribution in [-0.2, 0) is 15.1 Å². The van der Waals surface area contributed by atoms with Crippen molar-refractivity contribution in [2.45, 2.75) is 51.2 Å². The van der Waals surface area contributed by atoms with Crippen LogP contribution in [0, 0.1) is 11.8 Å². The molecule has 1 aromatic carbocycles. The molecule has 27 heavy (non-hydrogen) atoms. The third-order valence-corrected chi connectivity index (χ3v) is 5.79. The van der Waals surface area contributed by atoms with Crippen LogP contribution in [0.4, 0.5) is 4.79 Å². The predicted molar refractivity (Wildman–Crippen MR) is 102 cm³/mol. The highest BCUT2D eigenvalue weighted by Gasteiger charge is 2.54. The Labute approximate surface area is 161 Å². The van der Waals surface area contributed by atoms with Gasteiger partial charge in [0.05, 0.1) is 0 Å². The number of carbonyl (C=O) groups excluding carboxylic acids is 2. The molecule has 2 atom stereocenters. The fourth-order valence-corrected chi connectivity index (χ4v) is 4.75. The second kappa shape index (κ2) is 7.15. The lowest BCUT2D eigenvalue weighted by Gasteiger charge is -2.55. The summed E-state index contributed by atoms with van der Waals surface area (Å²) in [6.07, 6.45) is 2.77. The topological polar surface area (TPSA) is 81.9 Å². The zero-order chi connectivity index (χ0) is 19.8. The van der Waals surface area contributed by atoms with Gasteiger partial charge in [-0.2, -0.15) is 0 Å². The Hall–Kier alpha value is -2.08. The Kier molecular flexibility index (Phi) is 5.21. The zero-order valence-electron chi connectivity index (χ0n) is 16.7. The molecule has 2 amide bonds. The van der Waals surface area contributed by atoms with Gasteiger partial charge in [-0.15, -0.1) is 0 Å². The van der Waals surface area contributed by atoms with Gasteiger partial charge in [0.15, 0.2) is 0 Å². The molecule has 2 unspecified atom stereocenters. The highest BCUT2D eigenvalue weighted by molar-refractivity contribution is 5.93. The average Bonchev–Trinajstić information content (AvgIpc) is 2.58. The molecule has 2 aliphatic rings. The highest BCUT2D eigenvalue weighted by atomic mass is 16.6. The minimum absolute atomic E-state index is 0.144. The monoisotopic (exact) mass is 374 g/mol. The highest BCUT2D eigenvalue weighted by Crippen LogP contribution is 2.51. The van der Waals surface area contributed by atoms with E-state index in [2.05, 4.69) is 0 Å². The number of nitrogens with two attached hydrogens (primary N) is 1. The number of methoxy groups -OCH3 is 1. The molecule has 2 bridgehead atoms. The molecular weight excluding hydrogens is 344 g/mol. The lowest BCUT2D eigenvalue weighted by Crippen LogP contribution is -2.60. The van der Waals surface area contributed by atoms with Crippen LogP contribution >= 0.6 is 0 Å². The standard InChI is InChI=1S/C21H30N2O4/c1-20(2,3)27-19(25)23-12-16-9-6-10-17(13-23)21(16,26-4)15-8-5-7-14(11-15)18(22)24/h5,7-8,11,16-17H,6,9-10,12-13H2,1-4H3,(H2,22,24). The molecule has 0 spiro atoms. The van der Waals surface area contributed by atoms with E-state index in [0.29, 0.717) is 18.7 Å². The van der Waals surface area contributed by atoms with Crippen LogP contribution in [0.15, 0.2) is 24.3 Å². The zero-order valence-corrected chi connectivity index (χ0v) is 16.7. The van der Waals surface area contributed by atoms with Gasteiger partial charge in [-0.05, 0) is 51.3 Å². The van der Waals surface area contributed by atoms with Crippen LogP contribution in [0.25, 0.3) is 0 Å². The summed E-state index contributed by atoms with van der Waals surface area (Å²) >= 11 is 0. The summed E-state index contributed by atoms with van der Waals surface area (Å²) in [5.41, 5.74) is 5.91. The van der Waals surface area contributed by atoms with Crippen molar-refractivity contribution in [1.82, 2.24) is 4.90 Å². The van der Waals surface area contributed by atoms with Gasteiger partial charge >= 0.3 is 6.09 Å². The normalized spacial score (nSPS) is 27.9. The maximum atomic E-state index is 12.6. The van der Waals surface area contributed by atoms with Crippen LogP contribution in [-0.4, -0.2) is 42.7 Å². The molecule has 1 aromatic rings. The number of likely N-dealkylation sites (tertiary alicyclic amines) is 1. The first-order chi connectivity index (χ1) is 12.7. The molecule has 6 heteroatoms. The molecule has 1 heterocycles. The third kappa shape index (κ3) is 3.68. The molecule has 3 rings (SSSR count). The summed E-state index contributed by atoms with van der Waals surface area (Å²) < 4.78 is 11.8. The number of amides is 2. The first-order valence-corrected chi connectivity index (χ1v) is 9.61. The van der Waals surface area contributed by atoms with E-state index in [1.807, 2.05) is 43.9 Å². The number of hydrogen-bond acceptors (Lipinski definition) is 4. The van der Waals surface area contributed by atoms with Crippen LogP contribution < -0.4 is 5.73 Å². The molecule has 1 aliphatic heterocycles. The minimum Gasteiger partial charge on any atom is -0.444 e. The van der Waals surface area contributed by atoms with E-state index in [0.717, 1.165) is 24.8 Å². The van der Waals surface area contributed by atoms with E-state index in [1.54, 1.807) is 13.2 Å². The molecule has 0 radical (unpaired) electrons. The van der Waals surface area contributed by atoms with Crippen LogP contribution in [0.2, 0.25) is 0 Å². The number of carbonyl (C=O) groups is 2. The number of hydrogen-bond donors (Lipinski definition) is 1. The minimum atomic E-state index is -0.516. The Balaban J connectivity index is 1.93. The smallest absolute Gasteiger partial charge is 0.410 e. The van der Waals surface area contributed by atoms with Crippen LogP contribution in [0.5, 0.6) is 0 Å². The molecule has 1 aliphatic carbocycles. The van der Waals surface area contributed by atoms with E-state index < -0.39 is 17.1 Å². The van der Waals surface area contributed by atoms with E-state index >= 15 is 0 Å². The van der Waals surface area contributed by atoms with Gasteiger partial charge in [0.2, 0.25) is 5.91 Å². The van der Waals surface area contributed by atoms with Gasteiger partial charge in [-0.25, -0.2) is 4.79 Å². The molecule has 0 aromatic heterocycles. The van der Waals surface area contributed by atoms with Crippen LogP contribution in [0.3, 0.4) is 0 Å². The van der Waals surface area contributed by atoms with Crippen molar-refractivity contribution in [2.75, 3.05) is 20.2 Å². The van der Waals surface area contributed by atoms with Gasteiger partial charge in [-0.3, -0.25) is 4.79 Å². The lowest BCUT2D eigenvalue weighted by atomic mass is 9.62. The number of rotatable bonds is 3. The van der Waals surface area contributed by atoms with Crippen molar-refractivity contribution < 1.29 is 19.1 Å². The molecule has 2 fully saturated rings. The second-order valence-electron chi connectivity index (χ2n) is 8.65. The summed E-state index contributed by atoms with van der Waals surface area (Å²) in [6.45, 7) is 6.81. The number of ether oxygens (including phenoxy) is 2. The third-order valence-electron chi connectivity index (χ3n) is 5.79. The van der Waals surface area contributed by atoms with Gasteiger partial charge in [0.1, 0.15) is 11.2 Å². The Morgan fingerprint density at radius 1 is 1.19 bits per heavy atom. The molecular formula is C21H30N2O4. The molecule has 2 N–H and O–H groups in total. The van der Waals surface area contributed by atoms with Gasteiger partial charge in [0, 0.05) is 37.6 Å². The number of piperidine rings is 1. The first kappa shape index (κ1) is 19.7. The Morgan fingerprint density at radius 3 is 2.33 bits per heavy atom. The van der Waals surface area contributed by atoms with Crippen molar-refractivity contribution in [3.05, 3.63) is 35.4 Å². The number of nitrogens with zero attached hydrogens (tertiary/aromatic N) is 1. The van der Waals surface area contributed by atoms with Gasteiger partial charge < -0.3 is 20.1 Å². The first-order valence-electron chi connectivity index (χ1n) is 9.61. The predicted octanol–water partition coefficient (Wildman–Crippen LogP) is 3.29. The fourth-order valence-electron chi connectivity index (χ4n) is 4.75. The molecule has 1 saturated heterocycles. The quantitative estimate of drug-likeness (QED) is 0.880. The average molecular weight is 374 g/mol. The van der Waals surface area contributed by atoms with E-state index in [9.17, 15) is 9.59 Å². The summed E-state index contributed by atoms with van der Waals surface area (Å²) in [5.74, 6) is -0.157. The Morgan fingerprint density at radius 2 is 1.81 bits per heavy atom. The summed E-state index contributed by atoms with van der Waals surface area (Å²) in [6, 6.07) is 7.43. The molecule has 1 saturated carbocycles. The maximum Gasteiger partial charge on any atom is 0.410 e. The summed E-state index contributed by atoms with van der Waals surface area (Å²) in [7, 11) is 1.73. The SMILES string of the molecule is COC1(c2cccc(C(N)=O)c2)C2CCCC1CN(C(=O)OC(C)(C)C)C2. The molecule has 148 valence electrons. The fraction of sp³-hybridized carbons (Fsp3) is 0.619. The summed E-state index contributed by atoms with van der Waals surface area (Å²) in [4.78, 5) is 26.1. The number of primary amides is 1.